The van der Waals surface area contributed by atoms with Gasteiger partial charge in [-0.2, -0.15) is 5.10 Å². The SMILES string of the molecule is COC[C@H](C)Oc1cc(Oc2ccc(C(=O)O)cc2)cc(C(=O)Nc2ccn(C)n2)c1. The van der Waals surface area contributed by atoms with Gasteiger partial charge in [0.25, 0.3) is 5.91 Å². The molecule has 162 valence electrons. The second-order valence-electron chi connectivity index (χ2n) is 6.84. The molecule has 0 bridgehead atoms. The minimum absolute atomic E-state index is 0.147. The molecule has 9 nitrogen and oxygen atoms in total. The van der Waals surface area contributed by atoms with Crippen molar-refractivity contribution in [3.8, 4) is 17.2 Å². The van der Waals surface area contributed by atoms with Crippen LogP contribution >= 0.6 is 0 Å². The molecule has 0 radical (unpaired) electrons. The quantitative estimate of drug-likeness (QED) is 0.539. The number of carbonyl (C=O) groups is 2. The third-order valence-electron chi connectivity index (χ3n) is 4.17. The number of carboxylic acid groups (broad SMARTS) is 1. The number of hydrogen-bond acceptors (Lipinski definition) is 6. The predicted octanol–water partition coefficient (Wildman–Crippen LogP) is 3.58. The molecule has 0 saturated carbocycles. The lowest BCUT2D eigenvalue weighted by Gasteiger charge is -2.16. The van der Waals surface area contributed by atoms with Gasteiger partial charge in [0, 0.05) is 38.1 Å². The van der Waals surface area contributed by atoms with Gasteiger partial charge in [0.05, 0.1) is 12.2 Å². The van der Waals surface area contributed by atoms with Crippen LogP contribution in [0, 0.1) is 0 Å². The van der Waals surface area contributed by atoms with Crippen LogP contribution < -0.4 is 14.8 Å². The Morgan fingerprint density at radius 1 is 1.06 bits per heavy atom. The van der Waals surface area contributed by atoms with Crippen molar-refractivity contribution in [3.63, 3.8) is 0 Å². The van der Waals surface area contributed by atoms with Crippen LogP contribution in [0.15, 0.2) is 54.7 Å². The van der Waals surface area contributed by atoms with Gasteiger partial charge in [-0.1, -0.05) is 0 Å². The maximum Gasteiger partial charge on any atom is 0.335 e. The maximum atomic E-state index is 12.7. The monoisotopic (exact) mass is 425 g/mol. The number of carbonyl (C=O) groups excluding carboxylic acids is 1. The number of benzene rings is 2. The summed E-state index contributed by atoms with van der Waals surface area (Å²) in [4.78, 5) is 23.8. The summed E-state index contributed by atoms with van der Waals surface area (Å²) < 4.78 is 18.4. The van der Waals surface area contributed by atoms with Crippen LogP contribution in [0.1, 0.15) is 27.6 Å². The molecular formula is C22H23N3O6. The highest BCUT2D eigenvalue weighted by molar-refractivity contribution is 6.04. The van der Waals surface area contributed by atoms with Crippen molar-refractivity contribution in [1.29, 1.82) is 0 Å². The Kier molecular flexibility index (Phi) is 6.88. The largest absolute Gasteiger partial charge is 0.488 e. The minimum Gasteiger partial charge on any atom is -0.488 e. The van der Waals surface area contributed by atoms with E-state index in [4.69, 9.17) is 19.3 Å². The molecule has 9 heteroatoms. The lowest BCUT2D eigenvalue weighted by Crippen LogP contribution is -2.18. The lowest BCUT2D eigenvalue weighted by molar-refractivity contribution is 0.0696. The van der Waals surface area contributed by atoms with E-state index in [2.05, 4.69) is 10.4 Å². The van der Waals surface area contributed by atoms with Crippen LogP contribution in [0.4, 0.5) is 5.82 Å². The average Bonchev–Trinajstić information content (AvgIpc) is 3.13. The zero-order chi connectivity index (χ0) is 22.4. The standard InChI is InChI=1S/C22H23N3O6/c1-14(13-29-3)30-18-10-16(21(26)23-20-8-9-25(2)24-20)11-19(12-18)31-17-6-4-15(5-7-17)22(27)28/h4-12,14H,13H2,1-3H3,(H,27,28)(H,23,24,26)/t14-/m0/s1. The predicted molar refractivity (Wildman–Crippen MR) is 113 cm³/mol. The van der Waals surface area contributed by atoms with Crippen LogP contribution in [0.2, 0.25) is 0 Å². The fourth-order valence-corrected chi connectivity index (χ4v) is 2.80. The van der Waals surface area contributed by atoms with Gasteiger partial charge in [0.15, 0.2) is 5.82 Å². The summed E-state index contributed by atoms with van der Waals surface area (Å²) in [5.74, 6) is 0.213. The van der Waals surface area contributed by atoms with E-state index in [1.54, 1.807) is 49.3 Å². The molecule has 1 amide bonds. The first-order chi connectivity index (χ1) is 14.8. The van der Waals surface area contributed by atoms with Gasteiger partial charge in [-0.05, 0) is 43.3 Å². The van der Waals surface area contributed by atoms with Crippen molar-refractivity contribution in [2.75, 3.05) is 19.0 Å². The molecule has 0 spiro atoms. The molecule has 0 fully saturated rings. The summed E-state index contributed by atoms with van der Waals surface area (Å²) in [5, 5.41) is 15.9. The molecule has 1 atom stereocenters. The highest BCUT2D eigenvalue weighted by atomic mass is 16.5. The van der Waals surface area contributed by atoms with Crippen molar-refractivity contribution in [3.05, 3.63) is 65.9 Å². The maximum absolute atomic E-state index is 12.7. The molecule has 2 aromatic carbocycles. The molecule has 31 heavy (non-hydrogen) atoms. The fourth-order valence-electron chi connectivity index (χ4n) is 2.80. The van der Waals surface area contributed by atoms with Crippen molar-refractivity contribution >= 4 is 17.7 Å². The summed E-state index contributed by atoms with van der Waals surface area (Å²) in [6, 6.07) is 12.5. The molecule has 0 saturated heterocycles. The van der Waals surface area contributed by atoms with Gasteiger partial charge in [0.2, 0.25) is 0 Å². The first-order valence-corrected chi connectivity index (χ1v) is 9.47. The third-order valence-corrected chi connectivity index (χ3v) is 4.17. The number of amides is 1. The van der Waals surface area contributed by atoms with E-state index in [0.717, 1.165) is 0 Å². The smallest absolute Gasteiger partial charge is 0.335 e. The Hall–Kier alpha value is -3.85. The highest BCUT2D eigenvalue weighted by Crippen LogP contribution is 2.29. The Labute approximate surface area is 179 Å². The van der Waals surface area contributed by atoms with Gasteiger partial charge in [0.1, 0.15) is 23.4 Å². The normalized spacial score (nSPS) is 11.6. The van der Waals surface area contributed by atoms with E-state index in [1.165, 1.54) is 24.3 Å². The summed E-state index contributed by atoms with van der Waals surface area (Å²) >= 11 is 0. The van der Waals surface area contributed by atoms with Gasteiger partial charge >= 0.3 is 5.97 Å². The number of nitrogens with zero attached hydrogens (tertiary/aromatic N) is 2. The van der Waals surface area contributed by atoms with E-state index in [9.17, 15) is 9.59 Å². The van der Waals surface area contributed by atoms with Crippen LogP contribution in [-0.2, 0) is 11.8 Å². The van der Waals surface area contributed by atoms with Crippen LogP contribution in [0.5, 0.6) is 17.2 Å². The number of hydrogen-bond donors (Lipinski definition) is 2. The summed E-state index contributed by atoms with van der Waals surface area (Å²) in [6.45, 7) is 2.21. The third kappa shape index (κ3) is 6.06. The molecule has 2 N–H and O–H groups in total. The first-order valence-electron chi connectivity index (χ1n) is 9.47. The van der Waals surface area contributed by atoms with E-state index >= 15 is 0 Å². The summed E-state index contributed by atoms with van der Waals surface area (Å²) in [7, 11) is 3.33. The van der Waals surface area contributed by atoms with Gasteiger partial charge < -0.3 is 24.6 Å². The molecule has 0 aliphatic rings. The number of carboxylic acids is 1. The molecule has 1 heterocycles. The van der Waals surface area contributed by atoms with E-state index < -0.39 is 5.97 Å². The van der Waals surface area contributed by atoms with E-state index in [-0.39, 0.29) is 17.6 Å². The Morgan fingerprint density at radius 3 is 2.39 bits per heavy atom. The van der Waals surface area contributed by atoms with Crippen LogP contribution in [-0.4, -0.2) is 46.6 Å². The molecule has 3 rings (SSSR count). The Morgan fingerprint density at radius 2 is 1.77 bits per heavy atom. The fraction of sp³-hybridized carbons (Fsp3) is 0.227. The molecule has 0 aliphatic carbocycles. The highest BCUT2D eigenvalue weighted by Gasteiger charge is 2.14. The second-order valence-corrected chi connectivity index (χ2v) is 6.84. The molecule has 1 aromatic heterocycles. The topological polar surface area (TPSA) is 112 Å². The van der Waals surface area contributed by atoms with Crippen molar-refractivity contribution < 1.29 is 28.9 Å². The van der Waals surface area contributed by atoms with Crippen molar-refractivity contribution in [2.24, 2.45) is 7.05 Å². The molecular weight excluding hydrogens is 402 g/mol. The molecule has 3 aromatic rings. The van der Waals surface area contributed by atoms with Gasteiger partial charge in [-0.3, -0.25) is 9.48 Å². The number of anilines is 1. The number of aryl methyl sites for hydroxylation is 1. The minimum atomic E-state index is -1.03. The lowest BCUT2D eigenvalue weighted by atomic mass is 10.1. The molecule has 0 unspecified atom stereocenters. The van der Waals surface area contributed by atoms with Gasteiger partial charge in [-0.15, -0.1) is 0 Å². The number of ether oxygens (including phenoxy) is 3. The second kappa shape index (κ2) is 9.77. The van der Waals surface area contributed by atoms with Crippen LogP contribution in [0.25, 0.3) is 0 Å². The first kappa shape index (κ1) is 21.8. The van der Waals surface area contributed by atoms with E-state index in [1.807, 2.05) is 6.92 Å². The number of rotatable bonds is 9. The van der Waals surface area contributed by atoms with Gasteiger partial charge in [-0.25, -0.2) is 4.79 Å². The number of nitrogens with one attached hydrogen (secondary N) is 1. The van der Waals surface area contributed by atoms with E-state index in [0.29, 0.717) is 35.2 Å². The summed E-state index contributed by atoms with van der Waals surface area (Å²) in [6.07, 6.45) is 1.47. The van der Waals surface area contributed by atoms with Crippen molar-refractivity contribution in [2.45, 2.75) is 13.0 Å². The number of aromatic nitrogens is 2. The zero-order valence-corrected chi connectivity index (χ0v) is 17.4. The van der Waals surface area contributed by atoms with Crippen LogP contribution in [0.3, 0.4) is 0 Å². The summed E-state index contributed by atoms with van der Waals surface area (Å²) in [5.41, 5.74) is 0.457. The zero-order valence-electron chi connectivity index (χ0n) is 17.4. The number of aromatic carboxylic acids is 1. The Balaban J connectivity index is 1.86. The average molecular weight is 425 g/mol. The molecule has 0 aliphatic heterocycles. The number of methoxy groups -OCH3 is 1. The van der Waals surface area contributed by atoms with Crippen molar-refractivity contribution in [1.82, 2.24) is 9.78 Å². The Bertz CT molecular complexity index is 1060.